The van der Waals surface area contributed by atoms with Crippen molar-refractivity contribution in [3.8, 4) is 11.1 Å². The van der Waals surface area contributed by atoms with Crippen LogP contribution in [0.5, 0.6) is 0 Å². The van der Waals surface area contributed by atoms with Gasteiger partial charge in [-0.1, -0.05) is 12.6 Å². The summed E-state index contributed by atoms with van der Waals surface area (Å²) in [6, 6.07) is 5.10. The molecule has 0 aromatic rings. The number of carbonyl (C=O) groups is 2. The molecule has 2 aliphatic carbocycles. The fourth-order valence-corrected chi connectivity index (χ4v) is 0.834. The first-order valence-corrected chi connectivity index (χ1v) is 4.38. The third kappa shape index (κ3) is 7.55. The van der Waals surface area contributed by atoms with Crippen LogP contribution in [-0.4, -0.2) is 22.3 Å². The summed E-state index contributed by atoms with van der Waals surface area (Å²) in [5.41, 5.74) is 1.87. The van der Waals surface area contributed by atoms with Crippen LogP contribution in [0.1, 0.15) is 6.92 Å². The highest BCUT2D eigenvalue weighted by Crippen LogP contribution is 2.36. The summed E-state index contributed by atoms with van der Waals surface area (Å²) < 4.78 is 16.3. The molecule has 17 heavy (non-hydrogen) atoms. The van der Waals surface area contributed by atoms with Gasteiger partial charge in [-0.15, -0.1) is 0 Å². The maximum absolute atomic E-state index is 12.1. The summed E-state index contributed by atoms with van der Waals surface area (Å²) in [5.74, 6) is -0.403. The smallest absolute Gasteiger partial charge is 0.450 e. The van der Waals surface area contributed by atoms with Crippen molar-refractivity contribution in [2.24, 2.45) is 0 Å². The Morgan fingerprint density at radius 3 is 2.00 bits per heavy atom. The highest BCUT2D eigenvalue weighted by Gasteiger charge is 2.15. The van der Waals surface area contributed by atoms with Crippen LogP contribution in [0.3, 0.4) is 0 Å². The van der Waals surface area contributed by atoms with Gasteiger partial charge in [0.15, 0.2) is 0 Å². The molecule has 0 saturated heterocycles. The van der Waals surface area contributed by atoms with Crippen molar-refractivity contribution in [1.29, 1.82) is 0 Å². The first-order valence-electron chi connectivity index (χ1n) is 4.38. The molecular weight excluding hydrogens is 231 g/mol. The van der Waals surface area contributed by atoms with Gasteiger partial charge in [-0.2, -0.15) is 0 Å². The minimum absolute atomic E-state index is 0.0741. The molecule has 0 aromatic carbocycles. The lowest BCUT2D eigenvalue weighted by Crippen LogP contribution is -1.87. The number of ether oxygens (including phenoxy) is 1. The number of esters is 1. The highest BCUT2D eigenvalue weighted by molar-refractivity contribution is 5.81. The first-order chi connectivity index (χ1) is 7.88. The number of hydrogen-bond acceptors (Lipinski definition) is 3. The molecule has 0 fully saturated rings. The monoisotopic (exact) mass is 242 g/mol. The molecular formula is C11H11FO5. The fourth-order valence-electron chi connectivity index (χ4n) is 0.834. The normalized spacial score (nSPS) is 8.59. The second-order valence-electron chi connectivity index (χ2n) is 2.75. The molecule has 5 nitrogen and oxygen atoms in total. The van der Waals surface area contributed by atoms with E-state index >= 15 is 0 Å². The standard InChI is InChI=1S/C6H3F.C4H6O2.CH2O3/c7-6-2-1-4-3-5(4)6;1-3-6-4(2)5;2-1(3)4/h1-3H;3H,1H2,2H3;(H2,2,3,4). The van der Waals surface area contributed by atoms with E-state index in [9.17, 15) is 9.18 Å². The molecule has 2 N–H and O–H groups in total. The molecule has 2 rings (SSSR count). The van der Waals surface area contributed by atoms with Gasteiger partial charge in [-0.3, -0.25) is 4.79 Å². The van der Waals surface area contributed by atoms with E-state index in [1.54, 1.807) is 6.07 Å². The molecule has 6 heteroatoms. The number of rotatable bonds is 1. The first kappa shape index (κ1) is 14.6. The van der Waals surface area contributed by atoms with Crippen LogP contribution in [-0.2, 0) is 9.53 Å². The van der Waals surface area contributed by atoms with E-state index in [-0.39, 0.29) is 11.8 Å². The molecule has 0 spiro atoms. The van der Waals surface area contributed by atoms with Gasteiger partial charge < -0.3 is 14.9 Å². The molecule has 0 saturated carbocycles. The Labute approximate surface area is 96.8 Å². The van der Waals surface area contributed by atoms with Crippen molar-refractivity contribution >= 4 is 12.1 Å². The molecule has 0 heterocycles. The van der Waals surface area contributed by atoms with E-state index in [1.165, 1.54) is 13.0 Å². The van der Waals surface area contributed by atoms with Crippen LogP contribution in [0.2, 0.25) is 0 Å². The lowest BCUT2D eigenvalue weighted by molar-refractivity contribution is -0.135. The Morgan fingerprint density at radius 1 is 1.41 bits per heavy atom. The van der Waals surface area contributed by atoms with Crippen molar-refractivity contribution < 1.29 is 28.9 Å². The van der Waals surface area contributed by atoms with Crippen LogP contribution >= 0.6 is 0 Å². The van der Waals surface area contributed by atoms with Gasteiger partial charge in [0.05, 0.1) is 6.26 Å². The van der Waals surface area contributed by atoms with Gasteiger partial charge in [0, 0.05) is 12.5 Å². The van der Waals surface area contributed by atoms with Crippen LogP contribution in [0.4, 0.5) is 9.18 Å². The lowest BCUT2D eigenvalue weighted by atomic mass is 10.5. The molecule has 0 amide bonds. The SMILES string of the molecule is C=COC(C)=O.Fc1ccc2cc1-2.O=C(O)O. The van der Waals surface area contributed by atoms with Crippen molar-refractivity contribution in [2.75, 3.05) is 0 Å². The van der Waals surface area contributed by atoms with Gasteiger partial charge in [0.1, 0.15) is 5.82 Å². The summed E-state index contributed by atoms with van der Waals surface area (Å²) in [7, 11) is 0. The summed E-state index contributed by atoms with van der Waals surface area (Å²) in [6.07, 6.45) is -0.734. The van der Waals surface area contributed by atoms with Crippen LogP contribution in [0.15, 0.2) is 31.0 Å². The molecule has 0 radical (unpaired) electrons. The minimum atomic E-state index is -1.83. The maximum atomic E-state index is 12.1. The van der Waals surface area contributed by atoms with Crippen molar-refractivity contribution in [1.82, 2.24) is 0 Å². The number of carboxylic acid groups (broad SMARTS) is 2. The summed E-state index contributed by atoms with van der Waals surface area (Å²) in [4.78, 5) is 18.3. The van der Waals surface area contributed by atoms with E-state index < -0.39 is 6.16 Å². The molecule has 0 aliphatic heterocycles. The molecule has 0 atom stereocenters. The lowest BCUT2D eigenvalue weighted by Gasteiger charge is -1.83. The largest absolute Gasteiger partial charge is 0.503 e. The minimum Gasteiger partial charge on any atom is -0.450 e. The van der Waals surface area contributed by atoms with E-state index in [0.29, 0.717) is 0 Å². The van der Waals surface area contributed by atoms with Gasteiger partial charge in [0.2, 0.25) is 0 Å². The van der Waals surface area contributed by atoms with Gasteiger partial charge in [0.25, 0.3) is 0 Å². The van der Waals surface area contributed by atoms with E-state index in [1.807, 2.05) is 6.07 Å². The fraction of sp³-hybridized carbons (Fsp3) is 0.0909. The average molecular weight is 242 g/mol. The second-order valence-corrected chi connectivity index (χ2v) is 2.75. The molecule has 0 unspecified atom stereocenters. The number of hydrogen-bond donors (Lipinski definition) is 2. The zero-order chi connectivity index (χ0) is 13.4. The number of fused-ring (bicyclic) bond motifs is 1. The predicted molar refractivity (Wildman–Crippen MR) is 58.0 cm³/mol. The molecule has 0 aromatic heterocycles. The Morgan fingerprint density at radius 2 is 1.94 bits per heavy atom. The summed E-state index contributed by atoms with van der Waals surface area (Å²) in [6.45, 7) is 4.48. The Kier molecular flexibility index (Phi) is 6.02. The van der Waals surface area contributed by atoms with E-state index in [2.05, 4.69) is 11.3 Å². The number of benzene rings is 1. The van der Waals surface area contributed by atoms with E-state index in [4.69, 9.17) is 15.0 Å². The van der Waals surface area contributed by atoms with Gasteiger partial charge in [-0.25, -0.2) is 9.18 Å². The predicted octanol–water partition coefficient (Wildman–Crippen LogP) is 2.72. The Balaban J connectivity index is 0.000000238. The van der Waals surface area contributed by atoms with Crippen LogP contribution in [0.25, 0.3) is 11.1 Å². The third-order valence-electron chi connectivity index (χ3n) is 1.44. The molecule has 0 bridgehead atoms. The van der Waals surface area contributed by atoms with E-state index in [0.717, 1.165) is 17.4 Å². The van der Waals surface area contributed by atoms with Crippen LogP contribution in [0, 0.1) is 5.82 Å². The van der Waals surface area contributed by atoms with Crippen molar-refractivity contribution in [3.05, 3.63) is 36.9 Å². The zero-order valence-electron chi connectivity index (χ0n) is 9.01. The number of carbonyl (C=O) groups excluding carboxylic acids is 1. The van der Waals surface area contributed by atoms with Gasteiger partial charge in [-0.05, 0) is 17.7 Å². The zero-order valence-corrected chi connectivity index (χ0v) is 9.01. The Bertz CT molecular complexity index is 424. The summed E-state index contributed by atoms with van der Waals surface area (Å²) >= 11 is 0. The average Bonchev–Trinajstić information content (AvgIpc) is 2.86. The Hall–Kier alpha value is -2.37. The summed E-state index contributed by atoms with van der Waals surface area (Å²) in [5, 5.41) is 13.9. The number of halogens is 1. The molecule has 92 valence electrons. The van der Waals surface area contributed by atoms with Crippen molar-refractivity contribution in [3.63, 3.8) is 0 Å². The van der Waals surface area contributed by atoms with Gasteiger partial charge >= 0.3 is 12.1 Å². The highest BCUT2D eigenvalue weighted by atomic mass is 19.1. The van der Waals surface area contributed by atoms with Crippen LogP contribution < -0.4 is 0 Å². The maximum Gasteiger partial charge on any atom is 0.503 e. The second kappa shape index (κ2) is 7.00. The van der Waals surface area contributed by atoms with Crippen molar-refractivity contribution in [2.45, 2.75) is 6.92 Å². The molecule has 2 aliphatic rings. The topological polar surface area (TPSA) is 83.8 Å². The third-order valence-corrected chi connectivity index (χ3v) is 1.44. The quantitative estimate of drug-likeness (QED) is 0.593.